The fourth-order valence-electron chi connectivity index (χ4n) is 3.26. The molecule has 5 nitrogen and oxygen atoms in total. The number of ether oxygens (including phenoxy) is 1. The van der Waals surface area contributed by atoms with Gasteiger partial charge in [0.15, 0.2) is 5.76 Å². The maximum absolute atomic E-state index is 12.7. The molecule has 1 unspecified atom stereocenters. The van der Waals surface area contributed by atoms with Gasteiger partial charge < -0.3 is 14.1 Å². The molecule has 0 radical (unpaired) electrons. The Bertz CT molecular complexity index is 440. The highest BCUT2D eigenvalue weighted by atomic mass is 16.5. The number of hydrogen-bond acceptors (Lipinski definition) is 4. The highest BCUT2D eigenvalue weighted by Crippen LogP contribution is 2.21. The summed E-state index contributed by atoms with van der Waals surface area (Å²) in [4.78, 5) is 17.1. The van der Waals surface area contributed by atoms with E-state index in [-0.39, 0.29) is 5.91 Å². The topological polar surface area (TPSA) is 45.9 Å². The van der Waals surface area contributed by atoms with E-state index in [0.29, 0.717) is 11.8 Å². The van der Waals surface area contributed by atoms with Gasteiger partial charge >= 0.3 is 0 Å². The van der Waals surface area contributed by atoms with Crippen molar-refractivity contribution in [2.24, 2.45) is 0 Å². The number of rotatable bonds is 3. The summed E-state index contributed by atoms with van der Waals surface area (Å²) in [6.07, 6.45) is 6.16. The molecule has 5 heteroatoms. The summed E-state index contributed by atoms with van der Waals surface area (Å²) in [7, 11) is 0. The van der Waals surface area contributed by atoms with Crippen molar-refractivity contribution in [2.75, 3.05) is 39.4 Å². The Hall–Kier alpha value is -1.33. The number of carbonyl (C=O) groups is 1. The fraction of sp³-hybridized carbons (Fsp3) is 0.688. The normalized spacial score (nSPS) is 24.8. The smallest absolute Gasteiger partial charge is 0.289 e. The second-order valence-electron chi connectivity index (χ2n) is 5.89. The van der Waals surface area contributed by atoms with Gasteiger partial charge in [-0.15, -0.1) is 0 Å². The fourth-order valence-corrected chi connectivity index (χ4v) is 3.26. The molecule has 0 bridgehead atoms. The Balaban J connectivity index is 1.69. The predicted octanol–water partition coefficient (Wildman–Crippen LogP) is 2.00. The van der Waals surface area contributed by atoms with Gasteiger partial charge in [-0.2, -0.15) is 0 Å². The van der Waals surface area contributed by atoms with Crippen LogP contribution in [0.15, 0.2) is 22.8 Å². The third kappa shape index (κ3) is 3.66. The van der Waals surface area contributed by atoms with Crippen LogP contribution in [-0.2, 0) is 4.74 Å². The lowest BCUT2D eigenvalue weighted by molar-refractivity contribution is 0.0212. The van der Waals surface area contributed by atoms with E-state index in [1.807, 2.05) is 4.90 Å². The summed E-state index contributed by atoms with van der Waals surface area (Å²) >= 11 is 0. The molecule has 0 aliphatic carbocycles. The SMILES string of the molecule is O=C(c1ccco1)N1CCCCCC1CN1CCOCC1. The average Bonchev–Trinajstić information content (AvgIpc) is 2.96. The molecule has 116 valence electrons. The summed E-state index contributed by atoms with van der Waals surface area (Å²) in [5.74, 6) is 0.504. The van der Waals surface area contributed by atoms with Crippen LogP contribution in [0.1, 0.15) is 36.2 Å². The highest BCUT2D eigenvalue weighted by Gasteiger charge is 2.29. The summed E-state index contributed by atoms with van der Waals surface area (Å²) in [6.45, 7) is 5.35. The van der Waals surface area contributed by atoms with Crippen molar-refractivity contribution in [3.8, 4) is 0 Å². The Morgan fingerprint density at radius 2 is 2.05 bits per heavy atom. The molecule has 3 rings (SSSR count). The molecule has 1 aromatic rings. The van der Waals surface area contributed by atoms with Gasteiger partial charge in [0.05, 0.1) is 19.5 Å². The summed E-state index contributed by atoms with van der Waals surface area (Å²) in [6, 6.07) is 3.84. The molecule has 2 saturated heterocycles. The summed E-state index contributed by atoms with van der Waals surface area (Å²) in [5, 5.41) is 0. The van der Waals surface area contributed by atoms with Crippen LogP contribution in [0.5, 0.6) is 0 Å². The van der Waals surface area contributed by atoms with E-state index in [1.165, 1.54) is 12.8 Å². The van der Waals surface area contributed by atoms with Crippen molar-refractivity contribution in [3.05, 3.63) is 24.2 Å². The van der Waals surface area contributed by atoms with Crippen LogP contribution in [0.3, 0.4) is 0 Å². The first-order chi connectivity index (χ1) is 10.3. The van der Waals surface area contributed by atoms with Crippen molar-refractivity contribution in [3.63, 3.8) is 0 Å². The lowest BCUT2D eigenvalue weighted by Crippen LogP contribution is -2.49. The number of likely N-dealkylation sites (tertiary alicyclic amines) is 1. The summed E-state index contributed by atoms with van der Waals surface area (Å²) < 4.78 is 10.7. The molecular weight excluding hydrogens is 268 g/mol. The Morgan fingerprint density at radius 1 is 1.19 bits per heavy atom. The third-order valence-electron chi connectivity index (χ3n) is 4.44. The number of furan rings is 1. The Kier molecular flexibility index (Phi) is 4.93. The van der Waals surface area contributed by atoms with Gasteiger partial charge in [0, 0.05) is 32.2 Å². The summed E-state index contributed by atoms with van der Waals surface area (Å²) in [5.41, 5.74) is 0. The van der Waals surface area contributed by atoms with Crippen molar-refractivity contribution in [1.29, 1.82) is 0 Å². The van der Waals surface area contributed by atoms with Crippen molar-refractivity contribution < 1.29 is 13.9 Å². The van der Waals surface area contributed by atoms with E-state index >= 15 is 0 Å². The molecule has 2 aliphatic rings. The minimum atomic E-state index is 0.0418. The lowest BCUT2D eigenvalue weighted by atomic mass is 10.1. The maximum Gasteiger partial charge on any atom is 0.289 e. The van der Waals surface area contributed by atoms with E-state index in [9.17, 15) is 4.79 Å². The highest BCUT2D eigenvalue weighted by molar-refractivity contribution is 5.91. The largest absolute Gasteiger partial charge is 0.459 e. The molecule has 0 aromatic carbocycles. The first-order valence-corrected chi connectivity index (χ1v) is 7.99. The van der Waals surface area contributed by atoms with Gasteiger partial charge in [0.25, 0.3) is 5.91 Å². The van der Waals surface area contributed by atoms with Crippen molar-refractivity contribution in [2.45, 2.75) is 31.7 Å². The van der Waals surface area contributed by atoms with Crippen LogP contribution < -0.4 is 0 Å². The van der Waals surface area contributed by atoms with E-state index in [1.54, 1.807) is 18.4 Å². The van der Waals surface area contributed by atoms with E-state index in [2.05, 4.69) is 4.90 Å². The van der Waals surface area contributed by atoms with Crippen molar-refractivity contribution in [1.82, 2.24) is 9.80 Å². The molecule has 3 heterocycles. The monoisotopic (exact) mass is 292 g/mol. The van der Waals surface area contributed by atoms with Crippen LogP contribution in [0.2, 0.25) is 0 Å². The van der Waals surface area contributed by atoms with Gasteiger partial charge in [0.1, 0.15) is 0 Å². The van der Waals surface area contributed by atoms with Crippen molar-refractivity contribution >= 4 is 5.91 Å². The number of nitrogens with zero attached hydrogens (tertiary/aromatic N) is 2. The Labute approximate surface area is 125 Å². The Morgan fingerprint density at radius 3 is 2.81 bits per heavy atom. The molecular formula is C16H24N2O3. The zero-order chi connectivity index (χ0) is 14.5. The zero-order valence-electron chi connectivity index (χ0n) is 12.5. The van der Waals surface area contributed by atoms with Crippen LogP contribution in [0.25, 0.3) is 0 Å². The number of amides is 1. The van der Waals surface area contributed by atoms with Gasteiger partial charge in [0.2, 0.25) is 0 Å². The van der Waals surface area contributed by atoms with Gasteiger partial charge in [-0.3, -0.25) is 9.69 Å². The number of hydrogen-bond donors (Lipinski definition) is 0. The predicted molar refractivity (Wildman–Crippen MR) is 79.3 cm³/mol. The third-order valence-corrected chi connectivity index (χ3v) is 4.44. The van der Waals surface area contributed by atoms with E-state index in [0.717, 1.165) is 52.2 Å². The maximum atomic E-state index is 12.7. The second kappa shape index (κ2) is 7.09. The van der Waals surface area contributed by atoms with E-state index in [4.69, 9.17) is 9.15 Å². The quantitative estimate of drug-likeness (QED) is 0.855. The second-order valence-corrected chi connectivity index (χ2v) is 5.89. The lowest BCUT2D eigenvalue weighted by Gasteiger charge is -2.35. The van der Waals surface area contributed by atoms with Gasteiger partial charge in [-0.05, 0) is 25.0 Å². The van der Waals surface area contributed by atoms with Crippen LogP contribution in [-0.4, -0.2) is 61.1 Å². The minimum absolute atomic E-state index is 0.0418. The first-order valence-electron chi connectivity index (χ1n) is 7.99. The first kappa shape index (κ1) is 14.6. The van der Waals surface area contributed by atoms with Gasteiger partial charge in [-0.25, -0.2) is 0 Å². The molecule has 21 heavy (non-hydrogen) atoms. The molecule has 1 amide bonds. The molecule has 1 aromatic heterocycles. The average molecular weight is 292 g/mol. The molecule has 0 spiro atoms. The molecule has 2 fully saturated rings. The zero-order valence-corrected chi connectivity index (χ0v) is 12.5. The standard InChI is InChI=1S/C16H24N2O3/c19-16(15-6-4-10-21-15)18-7-3-1-2-5-14(18)13-17-8-11-20-12-9-17/h4,6,10,14H,1-3,5,7-9,11-13H2. The van der Waals surface area contributed by atoms with E-state index < -0.39 is 0 Å². The molecule has 0 N–H and O–H groups in total. The molecule has 1 atom stereocenters. The molecule has 0 saturated carbocycles. The minimum Gasteiger partial charge on any atom is -0.459 e. The van der Waals surface area contributed by atoms with Crippen LogP contribution >= 0.6 is 0 Å². The van der Waals surface area contributed by atoms with Gasteiger partial charge in [-0.1, -0.05) is 12.8 Å². The van der Waals surface area contributed by atoms with Crippen LogP contribution in [0, 0.1) is 0 Å². The number of carbonyl (C=O) groups excluding carboxylic acids is 1. The number of morpholine rings is 1. The van der Waals surface area contributed by atoms with Crippen LogP contribution in [0.4, 0.5) is 0 Å². The molecule has 2 aliphatic heterocycles.